The van der Waals surface area contributed by atoms with Crippen LogP contribution in [0.25, 0.3) is 10.4 Å². The second-order valence-electron chi connectivity index (χ2n) is 11.1. The van der Waals surface area contributed by atoms with Gasteiger partial charge in [0.15, 0.2) is 5.01 Å². The molecule has 2 aliphatic rings. The second kappa shape index (κ2) is 9.54. The number of carbonyl (C=O) groups excluding carboxylic acids is 2. The van der Waals surface area contributed by atoms with Crippen LogP contribution < -0.4 is 5.32 Å². The van der Waals surface area contributed by atoms with Gasteiger partial charge in [-0.2, -0.15) is 13.2 Å². The van der Waals surface area contributed by atoms with Crippen LogP contribution in [0.4, 0.5) is 19.0 Å². The molecule has 2 saturated heterocycles. The molecular weight excluding hydrogens is 507 g/mol. The minimum atomic E-state index is -4.74. The summed E-state index contributed by atoms with van der Waals surface area (Å²) in [6.45, 7) is 9.75. The number of thiazole rings is 1. The molecule has 4 heterocycles. The average molecular weight is 540 g/mol. The highest BCUT2D eigenvalue weighted by Gasteiger charge is 2.40. The third-order valence-corrected chi connectivity index (χ3v) is 7.60. The lowest BCUT2D eigenvalue weighted by Crippen LogP contribution is -2.35. The van der Waals surface area contributed by atoms with Crippen LogP contribution in [0.15, 0.2) is 12.3 Å². The monoisotopic (exact) mass is 539 g/mol. The van der Waals surface area contributed by atoms with Crippen LogP contribution in [0.2, 0.25) is 0 Å². The van der Waals surface area contributed by atoms with Crippen molar-refractivity contribution in [3.63, 3.8) is 0 Å². The predicted molar refractivity (Wildman–Crippen MR) is 135 cm³/mol. The van der Waals surface area contributed by atoms with E-state index in [2.05, 4.69) is 15.3 Å². The molecule has 2 aromatic rings. The number of amides is 2. The molecule has 202 valence electrons. The Kier molecular flexibility index (Phi) is 7.04. The maximum Gasteiger partial charge on any atom is 0.417 e. The van der Waals surface area contributed by atoms with E-state index in [0.29, 0.717) is 13.0 Å². The number of anilines is 1. The maximum absolute atomic E-state index is 14.3. The molecule has 0 radical (unpaired) electrons. The van der Waals surface area contributed by atoms with Gasteiger partial charge in [0.2, 0.25) is 0 Å². The molecule has 2 atom stereocenters. The number of nitrogens with one attached hydrogen (secondary N) is 1. The Morgan fingerprint density at radius 3 is 2.46 bits per heavy atom. The van der Waals surface area contributed by atoms with Gasteiger partial charge in [-0.1, -0.05) is 0 Å². The summed E-state index contributed by atoms with van der Waals surface area (Å²) >= 11 is 0.753. The Morgan fingerprint density at radius 1 is 1.22 bits per heavy atom. The van der Waals surface area contributed by atoms with Gasteiger partial charge in [0, 0.05) is 43.0 Å². The molecule has 37 heavy (non-hydrogen) atoms. The van der Waals surface area contributed by atoms with Gasteiger partial charge in [-0.15, -0.1) is 11.3 Å². The van der Waals surface area contributed by atoms with Crippen LogP contribution in [0.5, 0.6) is 0 Å². The highest BCUT2D eigenvalue weighted by Crippen LogP contribution is 2.42. The Bertz CT molecular complexity index is 1210. The molecule has 2 amide bonds. The molecule has 4 rings (SSSR count). The number of hydrogen-bond acceptors (Lipinski definition) is 7. The summed E-state index contributed by atoms with van der Waals surface area (Å²) in [6.07, 6.45) is -1.72. The van der Waals surface area contributed by atoms with Gasteiger partial charge in [0.05, 0.1) is 16.0 Å². The van der Waals surface area contributed by atoms with Crippen LogP contribution in [-0.2, 0) is 6.18 Å². The first-order chi connectivity index (χ1) is 17.1. The SMILES string of the molecule is C[C@H]1CCCN1C(=O)c1nc(C(=O)N2CC[C@](C)(O)C2)sc1-c1cnc(NC(C)(C)C)cc1C(F)(F)F. The normalized spacial score (nSPS) is 22.6. The highest BCUT2D eigenvalue weighted by molar-refractivity contribution is 7.17. The van der Waals surface area contributed by atoms with Gasteiger partial charge >= 0.3 is 6.18 Å². The Morgan fingerprint density at radius 2 is 1.92 bits per heavy atom. The molecule has 0 aromatic carbocycles. The number of β-amino-alcohol motifs (C(OH)–C–C–N with tert-alkyl or cyclic N) is 1. The molecule has 2 fully saturated rings. The van der Waals surface area contributed by atoms with Crippen molar-refractivity contribution in [2.75, 3.05) is 25.0 Å². The first-order valence-electron chi connectivity index (χ1n) is 12.2. The summed E-state index contributed by atoms with van der Waals surface area (Å²) in [5, 5.41) is 13.1. The van der Waals surface area contributed by atoms with Crippen molar-refractivity contribution in [3.8, 4) is 10.4 Å². The van der Waals surface area contributed by atoms with E-state index in [1.807, 2.05) is 6.92 Å². The lowest BCUT2D eigenvalue weighted by atomic mass is 10.1. The molecule has 0 aliphatic carbocycles. The molecule has 0 unspecified atom stereocenters. The Balaban J connectivity index is 1.83. The summed E-state index contributed by atoms with van der Waals surface area (Å²) in [5.41, 5.74) is -3.03. The molecule has 0 bridgehead atoms. The number of pyridine rings is 1. The summed E-state index contributed by atoms with van der Waals surface area (Å²) < 4.78 is 42.8. The van der Waals surface area contributed by atoms with Crippen molar-refractivity contribution in [1.82, 2.24) is 19.8 Å². The number of carbonyl (C=O) groups is 2. The van der Waals surface area contributed by atoms with Crippen molar-refractivity contribution >= 4 is 29.0 Å². The summed E-state index contributed by atoms with van der Waals surface area (Å²) in [6, 6.07) is 0.833. The molecule has 2 aliphatic heterocycles. The van der Waals surface area contributed by atoms with Crippen LogP contribution in [0.3, 0.4) is 0 Å². The van der Waals surface area contributed by atoms with Gasteiger partial charge in [-0.05, 0) is 59.9 Å². The van der Waals surface area contributed by atoms with Crippen LogP contribution in [-0.4, -0.2) is 73.5 Å². The van der Waals surface area contributed by atoms with E-state index >= 15 is 0 Å². The first-order valence-corrected chi connectivity index (χ1v) is 13.1. The number of rotatable bonds is 4. The van der Waals surface area contributed by atoms with Gasteiger partial charge in [-0.25, -0.2) is 9.97 Å². The average Bonchev–Trinajstić information content (AvgIpc) is 3.49. The van der Waals surface area contributed by atoms with E-state index in [0.717, 1.165) is 36.4 Å². The fourth-order valence-corrected chi connectivity index (χ4v) is 5.74. The predicted octanol–water partition coefficient (Wildman–Crippen LogP) is 4.66. The van der Waals surface area contributed by atoms with E-state index < -0.39 is 34.7 Å². The lowest BCUT2D eigenvalue weighted by molar-refractivity contribution is -0.137. The van der Waals surface area contributed by atoms with Crippen molar-refractivity contribution in [1.29, 1.82) is 0 Å². The fourth-order valence-electron chi connectivity index (χ4n) is 4.69. The highest BCUT2D eigenvalue weighted by atomic mass is 32.1. The van der Waals surface area contributed by atoms with Crippen LogP contribution >= 0.6 is 11.3 Å². The number of aromatic nitrogens is 2. The number of nitrogens with zero attached hydrogens (tertiary/aromatic N) is 4. The van der Waals surface area contributed by atoms with Gasteiger partial charge in [0.1, 0.15) is 11.5 Å². The van der Waals surface area contributed by atoms with E-state index in [-0.39, 0.29) is 46.1 Å². The fraction of sp³-hybridized carbons (Fsp3) is 0.600. The third kappa shape index (κ3) is 5.90. The summed E-state index contributed by atoms with van der Waals surface area (Å²) in [5.74, 6) is -0.983. The standard InChI is InChI=1S/C25H32F3N5O3S/c1-14-7-6-9-33(14)21(34)18-19(37-20(30-18)22(35)32-10-8-24(5,36)13-32)15-12-29-17(31-23(2,3)4)11-16(15)25(26,27)28/h11-12,14,36H,6-10,13H2,1-5H3,(H,29,31)/t14-,24-/m0/s1. The molecule has 2 aromatic heterocycles. The Labute approximate surface area is 217 Å². The third-order valence-electron chi connectivity index (χ3n) is 6.52. The lowest BCUT2D eigenvalue weighted by Gasteiger charge is -2.23. The molecule has 8 nitrogen and oxygen atoms in total. The molecule has 0 saturated carbocycles. The van der Waals surface area contributed by atoms with Crippen molar-refractivity contribution in [3.05, 3.63) is 28.5 Å². The number of aliphatic hydroxyl groups is 1. The van der Waals surface area contributed by atoms with E-state index in [9.17, 15) is 27.9 Å². The van der Waals surface area contributed by atoms with Gasteiger partial charge in [0.25, 0.3) is 11.8 Å². The summed E-state index contributed by atoms with van der Waals surface area (Å²) in [7, 11) is 0. The minimum absolute atomic E-state index is 0.0412. The van der Waals surface area contributed by atoms with Crippen molar-refractivity contribution in [2.24, 2.45) is 0 Å². The Hall–Kier alpha value is -2.73. The van der Waals surface area contributed by atoms with Crippen LogP contribution in [0, 0.1) is 0 Å². The number of likely N-dealkylation sites (tertiary alicyclic amines) is 2. The van der Waals surface area contributed by atoms with Crippen LogP contribution in [0.1, 0.15) is 79.7 Å². The largest absolute Gasteiger partial charge is 0.417 e. The quantitative estimate of drug-likeness (QED) is 0.587. The topological polar surface area (TPSA) is 98.7 Å². The zero-order valence-corrected chi connectivity index (χ0v) is 22.4. The van der Waals surface area contributed by atoms with Gasteiger partial charge in [-0.3, -0.25) is 9.59 Å². The minimum Gasteiger partial charge on any atom is -0.388 e. The molecular formula is C25H32F3N5O3S. The number of hydrogen-bond donors (Lipinski definition) is 2. The van der Waals surface area contributed by atoms with Gasteiger partial charge < -0.3 is 20.2 Å². The van der Waals surface area contributed by atoms with E-state index in [1.165, 1.54) is 4.90 Å². The molecule has 2 N–H and O–H groups in total. The molecule has 0 spiro atoms. The number of alkyl halides is 3. The first kappa shape index (κ1) is 27.3. The van der Waals surface area contributed by atoms with E-state index in [1.54, 1.807) is 32.6 Å². The zero-order valence-electron chi connectivity index (χ0n) is 21.6. The second-order valence-corrected chi connectivity index (χ2v) is 12.1. The maximum atomic E-state index is 14.3. The van der Waals surface area contributed by atoms with E-state index in [4.69, 9.17) is 0 Å². The number of halogens is 3. The molecule has 12 heteroatoms. The van der Waals surface area contributed by atoms with Crippen molar-refractivity contribution in [2.45, 2.75) is 77.2 Å². The summed E-state index contributed by atoms with van der Waals surface area (Å²) in [4.78, 5) is 38.2. The smallest absolute Gasteiger partial charge is 0.388 e. The van der Waals surface area contributed by atoms with Crippen molar-refractivity contribution < 1.29 is 27.9 Å². The zero-order chi connectivity index (χ0) is 27.3.